The third-order valence-electron chi connectivity index (χ3n) is 0. The summed E-state index contributed by atoms with van der Waals surface area (Å²) in [5, 5.41) is 13.6. The Morgan fingerprint density at radius 2 is 1.27 bits per heavy atom. The van der Waals surface area contributed by atoms with Crippen LogP contribution < -0.4 is 0 Å². The Morgan fingerprint density at radius 3 is 1.27 bits per heavy atom. The maximum absolute atomic E-state index is 8.74. The van der Waals surface area contributed by atoms with Crippen LogP contribution in [-0.4, -0.2) is 114 Å². The van der Waals surface area contributed by atoms with Crippen molar-refractivity contribution in [1.29, 1.82) is 0 Å². The number of hydrogen-bond acceptors (Lipinski definition) is 4. The summed E-state index contributed by atoms with van der Waals surface area (Å²) >= 11 is 0. The zero-order chi connectivity index (χ0) is 8.08. The molecule has 0 atom stereocenters. The van der Waals surface area contributed by atoms with Gasteiger partial charge in [0.2, 0.25) is 0 Å². The van der Waals surface area contributed by atoms with Gasteiger partial charge in [-0.05, 0) is 0 Å². The van der Waals surface area contributed by atoms with E-state index in [0.29, 0.717) is 0 Å². The first kappa shape index (κ1) is 23.1. The summed E-state index contributed by atoms with van der Waals surface area (Å²) in [6, 6.07) is 0. The predicted octanol–water partition coefficient (Wildman–Crippen LogP) is -2.83. The van der Waals surface area contributed by atoms with Crippen molar-refractivity contribution in [3.05, 3.63) is 10.1 Å². The minimum absolute atomic E-state index is 0. The molecule has 0 aliphatic heterocycles. The van der Waals surface area contributed by atoms with Gasteiger partial charge in [-0.25, -0.2) is 0 Å². The molecule has 0 saturated carbocycles. The average Bonchev–Trinajstić information content (AvgIpc) is 1.19. The molecule has 0 bridgehead atoms. The Kier molecular flexibility index (Phi) is 25.0. The first-order valence-corrected chi connectivity index (χ1v) is 2.66. The number of nitrogens with zero attached hydrogens (tertiary/aromatic N) is 1. The Hall–Kier alpha value is 1.90. The van der Waals surface area contributed by atoms with Gasteiger partial charge in [0, 0.05) is 0 Å². The SMILES string of the molecule is O=S(=O)(O)O.O=[N+]([O-])O.[BaH2].[CaH2]. The quantitative estimate of drug-likeness (QED) is 0.187. The fourth-order valence-corrected chi connectivity index (χ4v) is 0. The molecule has 0 aromatic heterocycles. The van der Waals surface area contributed by atoms with Crippen molar-refractivity contribution in [1.82, 2.24) is 0 Å². The van der Waals surface area contributed by atoms with Gasteiger partial charge in [-0.15, -0.1) is 10.1 Å². The van der Waals surface area contributed by atoms with E-state index in [4.69, 9.17) is 32.8 Å². The summed E-state index contributed by atoms with van der Waals surface area (Å²) in [5.41, 5.74) is 0. The third kappa shape index (κ3) is 323. The molecule has 11 heavy (non-hydrogen) atoms. The molecule has 0 aromatic rings. The van der Waals surface area contributed by atoms with Gasteiger partial charge >= 0.3 is 97.0 Å². The second-order valence-electron chi connectivity index (χ2n) is 0.686. The van der Waals surface area contributed by atoms with Crippen LogP contribution in [0.15, 0.2) is 0 Å². The monoisotopic (exact) mass is 343 g/mol. The van der Waals surface area contributed by atoms with Crippen LogP contribution in [0.2, 0.25) is 0 Å². The average molecular weight is 343 g/mol. The minimum atomic E-state index is -4.67. The molecule has 0 aliphatic carbocycles. The van der Waals surface area contributed by atoms with Crippen LogP contribution in [0, 0.1) is 10.1 Å². The standard InChI is InChI=1S/Ba.Ca.HNO3.H2O4S.4H/c;;2-1(3)4;1-5(2,3)4;;;;/h;;(H,2,3,4);(H2,1,2,3,4);;;;. The Balaban J connectivity index is -0.0000000383. The van der Waals surface area contributed by atoms with Crippen molar-refractivity contribution in [2.45, 2.75) is 0 Å². The summed E-state index contributed by atoms with van der Waals surface area (Å²) in [4.78, 5) is 8.36. The molecule has 0 aromatic carbocycles. The van der Waals surface area contributed by atoms with Crippen LogP contribution in [0.5, 0.6) is 0 Å². The summed E-state index contributed by atoms with van der Waals surface area (Å²) < 4.78 is 31.6. The zero-order valence-electron chi connectivity index (χ0n) is 3.83. The molecular formula is H7BaCaNO7S. The van der Waals surface area contributed by atoms with E-state index in [9.17, 15) is 0 Å². The Labute approximate surface area is 132 Å². The molecule has 3 N–H and O–H groups in total. The van der Waals surface area contributed by atoms with Gasteiger partial charge in [0.1, 0.15) is 0 Å². The Morgan fingerprint density at radius 1 is 1.27 bits per heavy atom. The fourth-order valence-electron chi connectivity index (χ4n) is 0. The van der Waals surface area contributed by atoms with E-state index in [1.54, 1.807) is 0 Å². The van der Waals surface area contributed by atoms with Crippen molar-refractivity contribution in [2.75, 3.05) is 0 Å². The van der Waals surface area contributed by atoms with Crippen molar-refractivity contribution >= 4 is 97.0 Å². The van der Waals surface area contributed by atoms with E-state index in [-0.39, 0.29) is 86.6 Å². The second-order valence-corrected chi connectivity index (χ2v) is 1.58. The van der Waals surface area contributed by atoms with Gasteiger partial charge in [0.05, 0.1) is 0 Å². The van der Waals surface area contributed by atoms with Gasteiger partial charge in [-0.3, -0.25) is 9.11 Å². The van der Waals surface area contributed by atoms with Gasteiger partial charge in [-0.2, -0.15) is 8.42 Å². The van der Waals surface area contributed by atoms with Gasteiger partial charge in [0.15, 0.2) is 0 Å². The summed E-state index contributed by atoms with van der Waals surface area (Å²) in [6.07, 6.45) is 0. The van der Waals surface area contributed by atoms with Crippen LogP contribution in [-0.2, 0) is 10.4 Å². The van der Waals surface area contributed by atoms with Gasteiger partial charge in [-0.1, -0.05) is 0 Å². The molecule has 64 valence electrons. The second kappa shape index (κ2) is 11.9. The van der Waals surface area contributed by atoms with Crippen LogP contribution in [0.25, 0.3) is 0 Å². The van der Waals surface area contributed by atoms with Crippen LogP contribution in [0.1, 0.15) is 0 Å². The van der Waals surface area contributed by atoms with E-state index >= 15 is 0 Å². The summed E-state index contributed by atoms with van der Waals surface area (Å²) in [5.74, 6) is 0. The van der Waals surface area contributed by atoms with E-state index in [0.717, 1.165) is 0 Å². The normalized spacial score (nSPS) is 7.45. The van der Waals surface area contributed by atoms with Crippen molar-refractivity contribution in [3.8, 4) is 0 Å². The molecule has 0 heterocycles. The molecule has 0 spiro atoms. The van der Waals surface area contributed by atoms with Crippen LogP contribution >= 0.6 is 0 Å². The van der Waals surface area contributed by atoms with Crippen LogP contribution in [0.4, 0.5) is 0 Å². The van der Waals surface area contributed by atoms with Gasteiger partial charge < -0.3 is 5.21 Å². The van der Waals surface area contributed by atoms with Gasteiger partial charge in [0.25, 0.3) is 5.09 Å². The fraction of sp³-hybridized carbons (Fsp3) is 0. The summed E-state index contributed by atoms with van der Waals surface area (Å²) in [7, 11) is -4.67. The maximum atomic E-state index is 8.74. The predicted molar refractivity (Wildman–Crippen MR) is 40.0 cm³/mol. The first-order chi connectivity index (χ1) is 3.73. The molecule has 8 nitrogen and oxygen atoms in total. The zero-order valence-corrected chi connectivity index (χ0v) is 4.65. The molecular weight excluding hydrogens is 335 g/mol. The number of rotatable bonds is 0. The molecule has 0 rings (SSSR count). The topological polar surface area (TPSA) is 138 Å². The van der Waals surface area contributed by atoms with Crippen LogP contribution in [0.3, 0.4) is 0 Å². The van der Waals surface area contributed by atoms with Crippen molar-refractivity contribution in [3.63, 3.8) is 0 Å². The van der Waals surface area contributed by atoms with Crippen molar-refractivity contribution in [2.24, 2.45) is 0 Å². The molecule has 11 heteroatoms. The van der Waals surface area contributed by atoms with E-state index < -0.39 is 15.5 Å². The molecule has 0 saturated heterocycles. The summed E-state index contributed by atoms with van der Waals surface area (Å²) in [6.45, 7) is 0. The number of hydrogen-bond donors (Lipinski definition) is 3. The molecule has 0 aliphatic rings. The van der Waals surface area contributed by atoms with Crippen molar-refractivity contribution < 1.29 is 27.8 Å². The Bertz CT molecular complexity index is 161. The van der Waals surface area contributed by atoms with E-state index in [1.165, 1.54) is 0 Å². The third-order valence-corrected chi connectivity index (χ3v) is 0. The van der Waals surface area contributed by atoms with E-state index in [2.05, 4.69) is 0 Å². The molecule has 0 unspecified atom stereocenters. The molecule has 0 amide bonds. The first-order valence-electron chi connectivity index (χ1n) is 1.26. The molecule has 0 fully saturated rings. The molecule has 0 radical (unpaired) electrons. The van der Waals surface area contributed by atoms with E-state index in [1.807, 2.05) is 0 Å².